The summed E-state index contributed by atoms with van der Waals surface area (Å²) in [5.41, 5.74) is 8.57. The van der Waals surface area contributed by atoms with E-state index >= 15 is 0 Å². The molecule has 3 rings (SSSR count). The van der Waals surface area contributed by atoms with Crippen LogP contribution in [0.5, 0.6) is 0 Å². The Labute approximate surface area is 178 Å². The molecule has 1 aliphatic heterocycles. The zero-order valence-electron chi connectivity index (χ0n) is 14.7. The summed E-state index contributed by atoms with van der Waals surface area (Å²) in [5, 5.41) is 16.0. The van der Waals surface area contributed by atoms with Gasteiger partial charge < -0.3 is 21.5 Å². The molecule has 0 bridgehead atoms. The minimum atomic E-state index is -1.01. The lowest BCUT2D eigenvalue weighted by molar-refractivity contribution is -0.138. The van der Waals surface area contributed by atoms with Crippen molar-refractivity contribution in [3.8, 4) is 0 Å². The highest BCUT2D eigenvalue weighted by Gasteiger charge is 2.33. The van der Waals surface area contributed by atoms with E-state index in [0.717, 1.165) is 11.1 Å². The lowest BCUT2D eigenvalue weighted by Gasteiger charge is -2.32. The summed E-state index contributed by atoms with van der Waals surface area (Å²) in [7, 11) is 0. The summed E-state index contributed by atoms with van der Waals surface area (Å²) in [6, 6.07) is 9.28. The van der Waals surface area contributed by atoms with Gasteiger partial charge in [0.1, 0.15) is 6.04 Å². The molecule has 0 aliphatic carbocycles. The fraction of sp³-hybridized carbons (Fsp3) is 0.263. The number of nitrogens with two attached hydrogens (primary N) is 1. The van der Waals surface area contributed by atoms with Gasteiger partial charge in [-0.05, 0) is 23.3 Å². The smallest absolute Gasteiger partial charge is 0.326 e. The highest BCUT2D eigenvalue weighted by Crippen LogP contribution is 2.39. The maximum Gasteiger partial charge on any atom is 0.326 e. The van der Waals surface area contributed by atoms with Crippen LogP contribution in [0.3, 0.4) is 0 Å². The van der Waals surface area contributed by atoms with Gasteiger partial charge >= 0.3 is 5.97 Å². The summed E-state index contributed by atoms with van der Waals surface area (Å²) in [6.45, 7) is 0.397. The van der Waals surface area contributed by atoms with Gasteiger partial charge in [-0.2, -0.15) is 0 Å². The van der Waals surface area contributed by atoms with Crippen LogP contribution >= 0.6 is 35.6 Å². The van der Waals surface area contributed by atoms with E-state index < -0.39 is 18.1 Å². The van der Waals surface area contributed by atoms with Crippen LogP contribution in [0.25, 0.3) is 0 Å². The van der Waals surface area contributed by atoms with E-state index in [4.69, 9.17) is 28.9 Å². The molecular formula is C19H20Cl3N3O3. The summed E-state index contributed by atoms with van der Waals surface area (Å²) in [4.78, 5) is 24.0. The van der Waals surface area contributed by atoms with Gasteiger partial charge in [0.15, 0.2) is 0 Å². The van der Waals surface area contributed by atoms with Crippen molar-refractivity contribution in [3.63, 3.8) is 0 Å². The molecule has 0 aromatic heterocycles. The molecule has 2 atom stereocenters. The Morgan fingerprint density at radius 2 is 1.93 bits per heavy atom. The van der Waals surface area contributed by atoms with E-state index in [9.17, 15) is 14.7 Å². The van der Waals surface area contributed by atoms with Crippen molar-refractivity contribution in [2.75, 3.05) is 5.32 Å². The van der Waals surface area contributed by atoms with Crippen LogP contribution in [0.2, 0.25) is 10.0 Å². The van der Waals surface area contributed by atoms with Gasteiger partial charge in [-0.3, -0.25) is 4.79 Å². The molecule has 28 heavy (non-hydrogen) atoms. The zero-order valence-corrected chi connectivity index (χ0v) is 17.1. The van der Waals surface area contributed by atoms with Crippen LogP contribution in [-0.2, 0) is 22.6 Å². The fourth-order valence-corrected chi connectivity index (χ4v) is 3.87. The first-order valence-corrected chi connectivity index (χ1v) is 9.18. The van der Waals surface area contributed by atoms with Gasteiger partial charge in [-0.25, -0.2) is 4.79 Å². The fourth-order valence-electron chi connectivity index (χ4n) is 3.25. The van der Waals surface area contributed by atoms with Gasteiger partial charge in [0.2, 0.25) is 5.91 Å². The third-order valence-electron chi connectivity index (χ3n) is 4.47. The number of carboxylic acid groups (broad SMARTS) is 1. The lowest BCUT2D eigenvalue weighted by Crippen LogP contribution is -2.41. The first-order chi connectivity index (χ1) is 12.9. The van der Waals surface area contributed by atoms with Crippen LogP contribution in [0.4, 0.5) is 5.69 Å². The van der Waals surface area contributed by atoms with E-state index in [0.29, 0.717) is 27.8 Å². The molecule has 0 fully saturated rings. The highest BCUT2D eigenvalue weighted by atomic mass is 35.5. The molecule has 5 N–H and O–H groups in total. The van der Waals surface area contributed by atoms with Crippen molar-refractivity contribution >= 4 is 53.2 Å². The number of carbonyl (C=O) groups is 2. The standard InChI is InChI=1S/C19H19Cl2N3O3.ClH/c20-12-6-13(21)18-14(7-12)23-16(19(26)27)8-15(18)24-17(25)5-10-2-1-3-11(4-10)9-22;/h1-4,6-7,15-16,23H,5,8-9,22H2,(H,24,25)(H,26,27);1H/t15-,16+;/m0./s1. The quantitative estimate of drug-likeness (QED) is 0.564. The van der Waals surface area contributed by atoms with Crippen LogP contribution in [0, 0.1) is 0 Å². The molecule has 0 unspecified atom stereocenters. The number of hydrogen-bond acceptors (Lipinski definition) is 4. The van der Waals surface area contributed by atoms with Crippen molar-refractivity contribution in [2.45, 2.75) is 31.5 Å². The minimum Gasteiger partial charge on any atom is -0.480 e. The Hall–Kier alpha value is -1.99. The van der Waals surface area contributed by atoms with Gasteiger partial charge in [0, 0.05) is 34.3 Å². The van der Waals surface area contributed by atoms with Crippen LogP contribution in [0.1, 0.15) is 29.2 Å². The molecule has 1 heterocycles. The van der Waals surface area contributed by atoms with E-state index in [1.807, 2.05) is 24.3 Å². The van der Waals surface area contributed by atoms with Gasteiger partial charge in [0.25, 0.3) is 0 Å². The molecule has 150 valence electrons. The SMILES string of the molecule is Cl.NCc1cccc(CC(=O)N[C@H]2C[C@H](C(=O)O)Nc3cc(Cl)cc(Cl)c32)c1. The van der Waals surface area contributed by atoms with Crippen LogP contribution in [0.15, 0.2) is 36.4 Å². The first kappa shape index (κ1) is 22.3. The maximum atomic E-state index is 12.6. The zero-order chi connectivity index (χ0) is 19.6. The summed E-state index contributed by atoms with van der Waals surface area (Å²) >= 11 is 12.3. The van der Waals surface area contributed by atoms with Crippen molar-refractivity contribution in [2.24, 2.45) is 5.73 Å². The van der Waals surface area contributed by atoms with Crippen LogP contribution < -0.4 is 16.4 Å². The number of anilines is 1. The third-order valence-corrected chi connectivity index (χ3v) is 5.00. The monoisotopic (exact) mass is 443 g/mol. The number of aliphatic carboxylic acids is 1. The predicted octanol–water partition coefficient (Wildman–Crippen LogP) is 3.54. The predicted molar refractivity (Wildman–Crippen MR) is 112 cm³/mol. The number of amides is 1. The summed E-state index contributed by atoms with van der Waals surface area (Å²) in [5.74, 6) is -1.23. The Kier molecular flexibility index (Phi) is 7.55. The molecule has 1 aliphatic rings. The lowest BCUT2D eigenvalue weighted by atomic mass is 9.92. The number of benzene rings is 2. The van der Waals surface area contributed by atoms with Gasteiger partial charge in [-0.1, -0.05) is 47.5 Å². The normalized spacial score (nSPS) is 17.7. The number of carboxylic acids is 1. The molecule has 9 heteroatoms. The Morgan fingerprint density at radius 1 is 1.21 bits per heavy atom. The molecule has 0 spiro atoms. The number of nitrogens with one attached hydrogen (secondary N) is 2. The van der Waals surface area contributed by atoms with Gasteiger partial charge in [-0.15, -0.1) is 12.4 Å². The number of rotatable bonds is 5. The second-order valence-corrected chi connectivity index (χ2v) is 7.28. The van der Waals surface area contributed by atoms with Crippen molar-refractivity contribution < 1.29 is 14.7 Å². The number of halogens is 3. The van der Waals surface area contributed by atoms with E-state index in [1.54, 1.807) is 12.1 Å². The molecule has 2 aromatic carbocycles. The third kappa shape index (κ3) is 5.08. The molecule has 2 aromatic rings. The van der Waals surface area contributed by atoms with Crippen molar-refractivity contribution in [1.82, 2.24) is 5.32 Å². The molecular weight excluding hydrogens is 425 g/mol. The summed E-state index contributed by atoms with van der Waals surface area (Å²) in [6.07, 6.45) is 0.342. The largest absolute Gasteiger partial charge is 0.480 e. The van der Waals surface area contributed by atoms with E-state index in [-0.39, 0.29) is 31.2 Å². The molecule has 1 amide bonds. The molecule has 0 radical (unpaired) electrons. The topological polar surface area (TPSA) is 104 Å². The van der Waals surface area contributed by atoms with Crippen LogP contribution in [-0.4, -0.2) is 23.0 Å². The number of fused-ring (bicyclic) bond motifs is 1. The Balaban J connectivity index is 0.00000280. The van der Waals surface area contributed by atoms with E-state index in [1.165, 1.54) is 0 Å². The highest BCUT2D eigenvalue weighted by molar-refractivity contribution is 6.35. The maximum absolute atomic E-state index is 12.6. The minimum absolute atomic E-state index is 0. The summed E-state index contributed by atoms with van der Waals surface area (Å²) < 4.78 is 0. The van der Waals surface area contributed by atoms with Crippen molar-refractivity contribution in [3.05, 3.63) is 63.1 Å². The molecule has 6 nitrogen and oxygen atoms in total. The Bertz CT molecular complexity index is 892. The Morgan fingerprint density at radius 3 is 2.61 bits per heavy atom. The van der Waals surface area contributed by atoms with Gasteiger partial charge in [0.05, 0.1) is 12.5 Å². The first-order valence-electron chi connectivity index (χ1n) is 8.43. The number of hydrogen-bond donors (Lipinski definition) is 4. The second-order valence-electron chi connectivity index (χ2n) is 6.44. The molecule has 0 saturated carbocycles. The van der Waals surface area contributed by atoms with Crippen molar-refractivity contribution in [1.29, 1.82) is 0 Å². The average Bonchev–Trinajstić information content (AvgIpc) is 2.60. The molecule has 0 saturated heterocycles. The van der Waals surface area contributed by atoms with E-state index in [2.05, 4.69) is 10.6 Å². The average molecular weight is 445 g/mol. The second kappa shape index (κ2) is 9.47. The number of carbonyl (C=O) groups excluding carboxylic acids is 1.